The first-order valence-corrected chi connectivity index (χ1v) is 9.32. The number of carbonyl (C=O) groups excluding carboxylic acids is 1. The van der Waals surface area contributed by atoms with E-state index in [1.165, 1.54) is 11.3 Å². The van der Waals surface area contributed by atoms with Crippen molar-refractivity contribution < 1.29 is 9.53 Å². The minimum Gasteiger partial charge on any atom is -0.497 e. The van der Waals surface area contributed by atoms with Crippen LogP contribution in [0, 0.1) is 0 Å². The van der Waals surface area contributed by atoms with Gasteiger partial charge in [-0.25, -0.2) is 4.98 Å². The van der Waals surface area contributed by atoms with Gasteiger partial charge in [-0.1, -0.05) is 41.7 Å². The van der Waals surface area contributed by atoms with Crippen molar-refractivity contribution >= 4 is 32.6 Å². The predicted octanol–water partition coefficient (Wildman–Crippen LogP) is 3.44. The third-order valence-corrected chi connectivity index (χ3v) is 5.13. The minimum absolute atomic E-state index is 0.0593. The van der Waals surface area contributed by atoms with E-state index in [1.807, 2.05) is 62.6 Å². The van der Waals surface area contributed by atoms with Crippen LogP contribution < -0.4 is 9.64 Å². The Bertz CT molecular complexity index is 877. The van der Waals surface area contributed by atoms with Gasteiger partial charge in [0.15, 0.2) is 5.13 Å². The number of ether oxygens (including phenoxy) is 1. The Morgan fingerprint density at radius 1 is 1.12 bits per heavy atom. The quantitative estimate of drug-likeness (QED) is 0.640. The molecule has 0 bridgehead atoms. The first kappa shape index (κ1) is 18.4. The number of fused-ring (bicyclic) bond motifs is 1. The van der Waals surface area contributed by atoms with Crippen molar-refractivity contribution in [3.8, 4) is 5.75 Å². The average molecular weight is 369 g/mol. The Balaban J connectivity index is 1.88. The number of nitrogens with zero attached hydrogens (tertiary/aromatic N) is 3. The number of likely N-dealkylation sites (N-methyl/N-ethyl adjacent to an activating group) is 1. The largest absolute Gasteiger partial charge is 0.497 e. The summed E-state index contributed by atoms with van der Waals surface area (Å²) < 4.78 is 6.30. The number of methoxy groups -OCH3 is 1. The van der Waals surface area contributed by atoms with Gasteiger partial charge in [-0.15, -0.1) is 0 Å². The number of hydrogen-bond acceptors (Lipinski definition) is 5. The fraction of sp³-hybridized carbons (Fsp3) is 0.300. The van der Waals surface area contributed by atoms with Gasteiger partial charge in [0.1, 0.15) is 5.75 Å². The molecule has 3 rings (SSSR count). The van der Waals surface area contributed by atoms with Gasteiger partial charge < -0.3 is 9.64 Å². The molecule has 2 aromatic carbocycles. The summed E-state index contributed by atoms with van der Waals surface area (Å²) in [5.74, 6) is 0.854. The molecule has 1 heterocycles. The van der Waals surface area contributed by atoms with E-state index in [2.05, 4.69) is 9.88 Å². The van der Waals surface area contributed by atoms with Gasteiger partial charge in [-0.05, 0) is 37.9 Å². The lowest BCUT2D eigenvalue weighted by atomic mass is 10.1. The summed E-state index contributed by atoms with van der Waals surface area (Å²) in [6.07, 6.45) is 0.369. The van der Waals surface area contributed by atoms with Crippen LogP contribution in [0.25, 0.3) is 10.2 Å². The zero-order chi connectivity index (χ0) is 18.5. The lowest BCUT2D eigenvalue weighted by Gasteiger charge is -2.22. The van der Waals surface area contributed by atoms with Gasteiger partial charge in [0.2, 0.25) is 5.91 Å². The highest BCUT2D eigenvalue weighted by Crippen LogP contribution is 2.31. The van der Waals surface area contributed by atoms with Crippen LogP contribution in [0.5, 0.6) is 5.75 Å². The monoisotopic (exact) mass is 369 g/mol. The standard InChI is InChI=1S/C20H23N3O2S/c1-22(2)11-12-23(19(24)13-15-7-5-4-6-8-15)20-21-17-10-9-16(25-3)14-18(17)26-20/h4-10,14H,11-13H2,1-3H3. The SMILES string of the molecule is COc1ccc2nc(N(CCN(C)C)C(=O)Cc3ccccc3)sc2c1. The summed E-state index contributed by atoms with van der Waals surface area (Å²) in [5, 5.41) is 0.732. The molecule has 0 fully saturated rings. The molecule has 0 atom stereocenters. The third-order valence-electron chi connectivity index (χ3n) is 4.09. The molecular formula is C20H23N3O2S. The Morgan fingerprint density at radius 2 is 1.88 bits per heavy atom. The normalized spacial score (nSPS) is 11.1. The van der Waals surface area contributed by atoms with Crippen molar-refractivity contribution in [2.45, 2.75) is 6.42 Å². The van der Waals surface area contributed by atoms with Gasteiger partial charge in [0.05, 0.1) is 23.7 Å². The highest BCUT2D eigenvalue weighted by atomic mass is 32.1. The molecule has 0 unspecified atom stereocenters. The first-order valence-electron chi connectivity index (χ1n) is 8.50. The maximum atomic E-state index is 13.0. The van der Waals surface area contributed by atoms with Crippen LogP contribution in [-0.4, -0.2) is 50.1 Å². The molecule has 0 saturated carbocycles. The maximum absolute atomic E-state index is 13.0. The average Bonchev–Trinajstić information content (AvgIpc) is 3.05. The summed E-state index contributed by atoms with van der Waals surface area (Å²) in [4.78, 5) is 21.5. The van der Waals surface area contributed by atoms with Crippen LogP contribution in [0.2, 0.25) is 0 Å². The van der Waals surface area contributed by atoms with Crippen LogP contribution in [0.4, 0.5) is 5.13 Å². The number of thiazole rings is 1. The van der Waals surface area contributed by atoms with Crippen LogP contribution in [0.1, 0.15) is 5.56 Å². The number of rotatable bonds is 7. The van der Waals surface area contributed by atoms with Gasteiger partial charge in [0, 0.05) is 13.1 Å². The second-order valence-electron chi connectivity index (χ2n) is 6.34. The van der Waals surface area contributed by atoms with Crippen LogP contribution in [0.15, 0.2) is 48.5 Å². The maximum Gasteiger partial charge on any atom is 0.233 e. The van der Waals surface area contributed by atoms with Gasteiger partial charge in [-0.3, -0.25) is 9.69 Å². The molecule has 0 radical (unpaired) electrons. The van der Waals surface area contributed by atoms with E-state index in [0.29, 0.717) is 13.0 Å². The van der Waals surface area contributed by atoms with Crippen LogP contribution in [0.3, 0.4) is 0 Å². The van der Waals surface area contributed by atoms with Crippen molar-refractivity contribution in [3.05, 3.63) is 54.1 Å². The molecule has 26 heavy (non-hydrogen) atoms. The molecule has 1 aromatic heterocycles. The zero-order valence-corrected chi connectivity index (χ0v) is 16.1. The molecule has 0 aliphatic carbocycles. The summed E-state index contributed by atoms with van der Waals surface area (Å²) in [5.41, 5.74) is 1.89. The molecule has 6 heteroatoms. The van der Waals surface area contributed by atoms with Crippen LogP contribution >= 0.6 is 11.3 Å². The number of benzene rings is 2. The number of amides is 1. The summed E-state index contributed by atoms with van der Waals surface area (Å²) in [6.45, 7) is 1.38. The fourth-order valence-corrected chi connectivity index (χ4v) is 3.67. The molecule has 0 aliphatic heterocycles. The van der Waals surface area contributed by atoms with Gasteiger partial charge in [0.25, 0.3) is 0 Å². The van der Waals surface area contributed by atoms with E-state index in [0.717, 1.165) is 33.2 Å². The number of anilines is 1. The van der Waals surface area contributed by atoms with E-state index in [-0.39, 0.29) is 5.91 Å². The van der Waals surface area contributed by atoms with Crippen molar-refractivity contribution in [2.24, 2.45) is 0 Å². The van der Waals surface area contributed by atoms with Crippen molar-refractivity contribution in [1.29, 1.82) is 0 Å². The molecule has 1 amide bonds. The number of aromatic nitrogens is 1. The Hall–Kier alpha value is -2.44. The molecule has 0 saturated heterocycles. The molecule has 0 N–H and O–H groups in total. The topological polar surface area (TPSA) is 45.7 Å². The third kappa shape index (κ3) is 4.39. The Labute approximate surface area is 157 Å². The summed E-state index contributed by atoms with van der Waals surface area (Å²) in [6, 6.07) is 15.6. The highest BCUT2D eigenvalue weighted by Gasteiger charge is 2.20. The van der Waals surface area contributed by atoms with Crippen molar-refractivity contribution in [3.63, 3.8) is 0 Å². The minimum atomic E-state index is 0.0593. The number of carbonyl (C=O) groups is 1. The second-order valence-corrected chi connectivity index (χ2v) is 7.35. The number of hydrogen-bond donors (Lipinski definition) is 0. The Kier molecular flexibility index (Phi) is 5.85. The van der Waals surface area contributed by atoms with E-state index in [4.69, 9.17) is 4.74 Å². The summed E-state index contributed by atoms with van der Waals surface area (Å²) in [7, 11) is 5.65. The zero-order valence-electron chi connectivity index (χ0n) is 15.3. The van der Waals surface area contributed by atoms with E-state index in [1.54, 1.807) is 12.0 Å². The summed E-state index contributed by atoms with van der Waals surface area (Å²) >= 11 is 1.52. The van der Waals surface area contributed by atoms with Crippen molar-refractivity contribution in [1.82, 2.24) is 9.88 Å². The molecular weight excluding hydrogens is 346 g/mol. The van der Waals surface area contributed by atoms with Gasteiger partial charge in [-0.2, -0.15) is 0 Å². The first-order chi connectivity index (χ1) is 12.6. The molecule has 5 nitrogen and oxygen atoms in total. The molecule has 3 aromatic rings. The predicted molar refractivity (Wildman–Crippen MR) is 107 cm³/mol. The lowest BCUT2D eigenvalue weighted by Crippen LogP contribution is -2.37. The molecule has 0 spiro atoms. The van der Waals surface area contributed by atoms with E-state index >= 15 is 0 Å². The second kappa shape index (κ2) is 8.29. The Morgan fingerprint density at radius 3 is 2.58 bits per heavy atom. The lowest BCUT2D eigenvalue weighted by molar-refractivity contribution is -0.118. The smallest absolute Gasteiger partial charge is 0.233 e. The highest BCUT2D eigenvalue weighted by molar-refractivity contribution is 7.22. The molecule has 136 valence electrons. The van der Waals surface area contributed by atoms with E-state index in [9.17, 15) is 4.79 Å². The molecule has 0 aliphatic rings. The van der Waals surface area contributed by atoms with Crippen LogP contribution in [-0.2, 0) is 11.2 Å². The van der Waals surface area contributed by atoms with Crippen molar-refractivity contribution in [2.75, 3.05) is 39.2 Å². The fourth-order valence-electron chi connectivity index (χ4n) is 2.63. The van der Waals surface area contributed by atoms with Gasteiger partial charge >= 0.3 is 0 Å². The van der Waals surface area contributed by atoms with E-state index < -0.39 is 0 Å².